The largest absolute Gasteiger partial charge is 0.379 e. The second-order valence-electron chi connectivity index (χ2n) is 7.67. The predicted molar refractivity (Wildman–Crippen MR) is 129 cm³/mol. The zero-order valence-corrected chi connectivity index (χ0v) is 19.8. The standard InChI is InChI=1S/C24H19ClF2N5P/c1-13-22(25)23(29-10-15-6-14(9-28)4-5-19(15)26)18-7-17(20(27)8-21(18)32-13)16-11-30-24(31-12-16)33(2)3/h4-8,11-12H,10H2,1-3H3,(H,29,32). The first-order valence-corrected chi connectivity index (χ1v) is 12.6. The van der Waals surface area contributed by atoms with Gasteiger partial charge in [0.15, 0.2) is 0 Å². The number of nitriles is 1. The van der Waals surface area contributed by atoms with Crippen LogP contribution >= 0.6 is 19.5 Å². The number of pyridine rings is 1. The number of nitrogens with zero attached hydrogens (tertiary/aromatic N) is 4. The van der Waals surface area contributed by atoms with Crippen molar-refractivity contribution in [3.63, 3.8) is 0 Å². The molecule has 2 aromatic carbocycles. The zero-order valence-electron chi connectivity index (χ0n) is 18.1. The smallest absolute Gasteiger partial charge is 0.149 e. The fourth-order valence-electron chi connectivity index (χ4n) is 3.43. The summed E-state index contributed by atoms with van der Waals surface area (Å²) in [5.74, 6) is -0.898. The summed E-state index contributed by atoms with van der Waals surface area (Å²) < 4.78 is 29.3. The topological polar surface area (TPSA) is 74.5 Å². The van der Waals surface area contributed by atoms with E-state index in [1.807, 2.05) is 19.4 Å². The molecule has 4 aromatic rings. The number of nitrogens with one attached hydrogen (secondary N) is 1. The van der Waals surface area contributed by atoms with Crippen LogP contribution in [0.25, 0.3) is 22.0 Å². The Morgan fingerprint density at radius 1 is 1.09 bits per heavy atom. The molecular weight excluding hydrogens is 463 g/mol. The number of benzene rings is 2. The summed E-state index contributed by atoms with van der Waals surface area (Å²) in [4.78, 5) is 13.1. The van der Waals surface area contributed by atoms with Gasteiger partial charge in [-0.15, -0.1) is 0 Å². The molecule has 0 aliphatic heterocycles. The first kappa shape index (κ1) is 23.0. The van der Waals surface area contributed by atoms with E-state index in [0.29, 0.717) is 49.6 Å². The van der Waals surface area contributed by atoms with Crippen LogP contribution in [0.15, 0.2) is 42.7 Å². The van der Waals surface area contributed by atoms with E-state index in [1.165, 1.54) is 24.3 Å². The number of aromatic nitrogens is 3. The van der Waals surface area contributed by atoms with Gasteiger partial charge in [-0.1, -0.05) is 11.6 Å². The predicted octanol–water partition coefficient (Wildman–Crippen LogP) is 5.78. The van der Waals surface area contributed by atoms with E-state index in [9.17, 15) is 8.78 Å². The second kappa shape index (κ2) is 9.35. The Kier molecular flexibility index (Phi) is 6.51. The van der Waals surface area contributed by atoms with Gasteiger partial charge in [-0.05, 0) is 52.4 Å². The molecule has 4 rings (SSSR count). The van der Waals surface area contributed by atoms with Crippen molar-refractivity contribution in [3.05, 3.63) is 76.2 Å². The minimum absolute atomic E-state index is 0.0840. The van der Waals surface area contributed by atoms with Crippen molar-refractivity contribution in [2.45, 2.75) is 13.5 Å². The van der Waals surface area contributed by atoms with Crippen LogP contribution in [-0.2, 0) is 6.54 Å². The van der Waals surface area contributed by atoms with Crippen LogP contribution in [0.1, 0.15) is 16.8 Å². The Morgan fingerprint density at radius 3 is 2.48 bits per heavy atom. The summed E-state index contributed by atoms with van der Waals surface area (Å²) in [6.45, 7) is 5.89. The molecule has 0 atom stereocenters. The van der Waals surface area contributed by atoms with Crippen molar-refractivity contribution in [2.75, 3.05) is 18.6 Å². The van der Waals surface area contributed by atoms with Gasteiger partial charge in [-0.25, -0.2) is 18.7 Å². The Balaban J connectivity index is 1.79. The van der Waals surface area contributed by atoms with Crippen molar-refractivity contribution < 1.29 is 8.78 Å². The summed E-state index contributed by atoms with van der Waals surface area (Å²) in [6.07, 6.45) is 3.21. The summed E-state index contributed by atoms with van der Waals surface area (Å²) in [7, 11) is -0.464. The van der Waals surface area contributed by atoms with Gasteiger partial charge >= 0.3 is 0 Å². The lowest BCUT2D eigenvalue weighted by Gasteiger charge is -2.15. The third-order valence-corrected chi connectivity index (χ3v) is 6.65. The summed E-state index contributed by atoms with van der Waals surface area (Å²) in [5, 5.41) is 13.2. The molecule has 0 aliphatic carbocycles. The third-order valence-electron chi connectivity index (χ3n) is 5.16. The lowest BCUT2D eigenvalue weighted by Crippen LogP contribution is -2.09. The van der Waals surface area contributed by atoms with Gasteiger partial charge in [0.25, 0.3) is 0 Å². The van der Waals surface area contributed by atoms with Crippen molar-refractivity contribution >= 4 is 41.7 Å². The maximum Gasteiger partial charge on any atom is 0.149 e. The number of aryl methyl sites for hydroxylation is 1. The molecule has 5 nitrogen and oxygen atoms in total. The molecule has 0 amide bonds. The Morgan fingerprint density at radius 2 is 1.82 bits per heavy atom. The maximum absolute atomic E-state index is 15.0. The summed E-state index contributed by atoms with van der Waals surface area (Å²) in [5.41, 5.74) is 3.68. The van der Waals surface area contributed by atoms with Gasteiger partial charge in [0.2, 0.25) is 0 Å². The number of hydrogen-bond acceptors (Lipinski definition) is 5. The van der Waals surface area contributed by atoms with Crippen LogP contribution < -0.4 is 10.9 Å². The van der Waals surface area contributed by atoms with E-state index in [4.69, 9.17) is 16.9 Å². The first-order valence-electron chi connectivity index (χ1n) is 10.00. The zero-order chi connectivity index (χ0) is 23.7. The van der Waals surface area contributed by atoms with E-state index in [1.54, 1.807) is 25.4 Å². The Bertz CT molecular complexity index is 1400. The molecule has 0 bridgehead atoms. The van der Waals surface area contributed by atoms with Crippen LogP contribution in [0.5, 0.6) is 0 Å². The normalized spacial score (nSPS) is 11.1. The molecule has 0 spiro atoms. The van der Waals surface area contributed by atoms with E-state index >= 15 is 0 Å². The van der Waals surface area contributed by atoms with Crippen molar-refractivity contribution in [1.82, 2.24) is 15.0 Å². The molecule has 0 radical (unpaired) electrons. The van der Waals surface area contributed by atoms with Crippen molar-refractivity contribution in [2.24, 2.45) is 0 Å². The lowest BCUT2D eigenvalue weighted by molar-refractivity contribution is 0.613. The van der Waals surface area contributed by atoms with E-state index < -0.39 is 19.6 Å². The minimum Gasteiger partial charge on any atom is -0.379 e. The average Bonchev–Trinajstić information content (AvgIpc) is 2.80. The van der Waals surface area contributed by atoms with Gasteiger partial charge in [0.05, 0.1) is 33.6 Å². The highest BCUT2D eigenvalue weighted by Crippen LogP contribution is 2.36. The fourth-order valence-corrected chi connectivity index (χ4v) is 4.22. The van der Waals surface area contributed by atoms with E-state index in [-0.39, 0.29) is 6.54 Å². The Labute approximate surface area is 196 Å². The molecule has 0 unspecified atom stereocenters. The van der Waals surface area contributed by atoms with Crippen molar-refractivity contribution in [1.29, 1.82) is 5.26 Å². The van der Waals surface area contributed by atoms with Gasteiger partial charge in [-0.3, -0.25) is 4.98 Å². The number of halogens is 3. The van der Waals surface area contributed by atoms with Gasteiger partial charge < -0.3 is 5.32 Å². The fraction of sp³-hybridized carbons (Fsp3) is 0.167. The van der Waals surface area contributed by atoms with Crippen LogP contribution in [0, 0.1) is 29.9 Å². The molecule has 9 heteroatoms. The number of hydrogen-bond donors (Lipinski definition) is 1. The monoisotopic (exact) mass is 481 g/mol. The Hall–Kier alpha value is -3.20. The highest BCUT2D eigenvalue weighted by atomic mass is 35.5. The van der Waals surface area contributed by atoms with Crippen LogP contribution in [0.4, 0.5) is 14.5 Å². The first-order chi connectivity index (χ1) is 15.8. The third kappa shape index (κ3) is 4.64. The summed E-state index contributed by atoms with van der Waals surface area (Å²) in [6, 6.07) is 9.14. The number of rotatable bonds is 5. The number of anilines is 1. The van der Waals surface area contributed by atoms with E-state index in [2.05, 4.69) is 20.3 Å². The van der Waals surface area contributed by atoms with Gasteiger partial charge in [0.1, 0.15) is 17.2 Å². The molecule has 33 heavy (non-hydrogen) atoms. The SMILES string of the molecule is Cc1nc2cc(F)c(-c3cnc(P(C)C)nc3)cc2c(NCc2cc(C#N)ccc2F)c1Cl. The molecule has 0 saturated carbocycles. The van der Waals surface area contributed by atoms with E-state index in [0.717, 1.165) is 5.57 Å². The second-order valence-corrected chi connectivity index (χ2v) is 10.2. The van der Waals surface area contributed by atoms with Crippen LogP contribution in [0.3, 0.4) is 0 Å². The van der Waals surface area contributed by atoms with Crippen LogP contribution in [0.2, 0.25) is 5.02 Å². The van der Waals surface area contributed by atoms with Crippen molar-refractivity contribution in [3.8, 4) is 17.2 Å². The molecule has 2 heterocycles. The highest BCUT2D eigenvalue weighted by molar-refractivity contribution is 7.63. The maximum atomic E-state index is 15.0. The molecule has 1 N–H and O–H groups in total. The minimum atomic E-state index is -0.464. The molecule has 0 saturated heterocycles. The molecule has 0 fully saturated rings. The molecule has 2 aromatic heterocycles. The highest BCUT2D eigenvalue weighted by Gasteiger charge is 2.17. The quantitative estimate of drug-likeness (QED) is 0.366. The number of fused-ring (bicyclic) bond motifs is 1. The molecule has 0 aliphatic rings. The summed E-state index contributed by atoms with van der Waals surface area (Å²) >= 11 is 6.54. The lowest BCUT2D eigenvalue weighted by atomic mass is 10.0. The molecule has 166 valence electrons. The van der Waals surface area contributed by atoms with Gasteiger partial charge in [-0.2, -0.15) is 5.26 Å². The molecular formula is C24H19ClF2N5P. The average molecular weight is 482 g/mol. The van der Waals surface area contributed by atoms with Gasteiger partial charge in [0, 0.05) is 47.1 Å². The van der Waals surface area contributed by atoms with Crippen LogP contribution in [-0.4, -0.2) is 28.3 Å².